The number of rotatable bonds is 5. The van der Waals surface area contributed by atoms with Crippen LogP contribution in [0.25, 0.3) is 0 Å². The van der Waals surface area contributed by atoms with Gasteiger partial charge in [0.05, 0.1) is 0 Å². The summed E-state index contributed by atoms with van der Waals surface area (Å²) in [4.78, 5) is 2.33. The van der Waals surface area contributed by atoms with Gasteiger partial charge in [0, 0.05) is 24.6 Å². The molecular weight excluding hydrogens is 250 g/mol. The largest absolute Gasteiger partial charge is 0.374 e. The van der Waals surface area contributed by atoms with Crippen molar-refractivity contribution in [2.45, 2.75) is 25.6 Å². The number of anilines is 1. The van der Waals surface area contributed by atoms with Gasteiger partial charge in [0.1, 0.15) is 0 Å². The minimum atomic E-state index is 0.755. The van der Waals surface area contributed by atoms with Crippen molar-refractivity contribution in [3.8, 4) is 0 Å². The molecule has 0 N–H and O–H groups in total. The molecule has 0 saturated carbocycles. The van der Waals surface area contributed by atoms with Gasteiger partial charge in [0.2, 0.25) is 0 Å². The standard InChI is InChI=1S/C13H20BrN/c1-4-11(2)10-15(3)13-7-5-12(9-14)6-8-13/h5-8,11H,4,9-10H2,1-3H3. The van der Waals surface area contributed by atoms with Crippen LogP contribution in [0.2, 0.25) is 0 Å². The molecule has 1 aromatic carbocycles. The predicted molar refractivity (Wildman–Crippen MR) is 71.8 cm³/mol. The average Bonchev–Trinajstić information content (AvgIpc) is 2.29. The number of hydrogen-bond acceptors (Lipinski definition) is 1. The van der Waals surface area contributed by atoms with Gasteiger partial charge in [-0.1, -0.05) is 48.3 Å². The van der Waals surface area contributed by atoms with Crippen LogP contribution in [0.1, 0.15) is 25.8 Å². The van der Waals surface area contributed by atoms with E-state index in [0.29, 0.717) is 0 Å². The third-order valence-electron chi connectivity index (χ3n) is 2.81. The predicted octanol–water partition coefficient (Wildman–Crippen LogP) is 4.06. The van der Waals surface area contributed by atoms with Crippen molar-refractivity contribution >= 4 is 21.6 Å². The molecule has 0 fully saturated rings. The first-order valence-corrected chi connectivity index (χ1v) is 6.65. The fourth-order valence-electron chi connectivity index (χ4n) is 1.54. The van der Waals surface area contributed by atoms with Crippen molar-refractivity contribution in [1.82, 2.24) is 0 Å². The van der Waals surface area contributed by atoms with Crippen LogP contribution in [0.3, 0.4) is 0 Å². The Hall–Kier alpha value is -0.500. The van der Waals surface area contributed by atoms with E-state index in [4.69, 9.17) is 0 Å². The molecule has 1 rings (SSSR count). The Morgan fingerprint density at radius 1 is 1.27 bits per heavy atom. The maximum absolute atomic E-state index is 3.46. The lowest BCUT2D eigenvalue weighted by Crippen LogP contribution is -2.23. The van der Waals surface area contributed by atoms with Crippen molar-refractivity contribution in [3.05, 3.63) is 29.8 Å². The van der Waals surface area contributed by atoms with Gasteiger partial charge in [0.15, 0.2) is 0 Å². The second-order valence-electron chi connectivity index (χ2n) is 4.19. The van der Waals surface area contributed by atoms with Crippen molar-refractivity contribution in [2.75, 3.05) is 18.5 Å². The average molecular weight is 270 g/mol. The highest BCUT2D eigenvalue weighted by atomic mass is 79.9. The van der Waals surface area contributed by atoms with Crippen molar-refractivity contribution < 1.29 is 0 Å². The molecule has 1 unspecified atom stereocenters. The second-order valence-corrected chi connectivity index (χ2v) is 4.75. The lowest BCUT2D eigenvalue weighted by atomic mass is 10.1. The van der Waals surface area contributed by atoms with Gasteiger partial charge in [-0.15, -0.1) is 0 Å². The minimum Gasteiger partial charge on any atom is -0.374 e. The van der Waals surface area contributed by atoms with E-state index in [9.17, 15) is 0 Å². The van der Waals surface area contributed by atoms with Crippen LogP contribution in [-0.2, 0) is 5.33 Å². The Labute approximate surface area is 102 Å². The number of benzene rings is 1. The summed E-state index contributed by atoms with van der Waals surface area (Å²) in [5.41, 5.74) is 2.63. The third-order valence-corrected chi connectivity index (χ3v) is 3.46. The molecule has 15 heavy (non-hydrogen) atoms. The van der Waals surface area contributed by atoms with Gasteiger partial charge in [-0.3, -0.25) is 0 Å². The number of nitrogens with zero attached hydrogens (tertiary/aromatic N) is 1. The maximum Gasteiger partial charge on any atom is 0.0363 e. The van der Waals surface area contributed by atoms with E-state index >= 15 is 0 Å². The molecule has 1 nitrogen and oxygen atoms in total. The van der Waals surface area contributed by atoms with E-state index < -0.39 is 0 Å². The molecule has 0 heterocycles. The van der Waals surface area contributed by atoms with E-state index in [2.05, 4.69) is 66.0 Å². The minimum absolute atomic E-state index is 0.755. The van der Waals surface area contributed by atoms with E-state index in [0.717, 1.165) is 17.8 Å². The van der Waals surface area contributed by atoms with Crippen LogP contribution >= 0.6 is 15.9 Å². The van der Waals surface area contributed by atoms with Gasteiger partial charge >= 0.3 is 0 Å². The molecular formula is C13H20BrN. The topological polar surface area (TPSA) is 3.24 Å². The zero-order valence-electron chi connectivity index (χ0n) is 9.83. The fourth-order valence-corrected chi connectivity index (χ4v) is 1.92. The summed E-state index contributed by atoms with van der Waals surface area (Å²) in [6.45, 7) is 5.67. The molecule has 0 radical (unpaired) electrons. The highest BCUT2D eigenvalue weighted by Gasteiger charge is 2.05. The molecule has 0 aromatic heterocycles. The zero-order valence-corrected chi connectivity index (χ0v) is 11.4. The molecule has 0 aliphatic heterocycles. The van der Waals surface area contributed by atoms with Gasteiger partial charge < -0.3 is 4.90 Å². The van der Waals surface area contributed by atoms with Crippen LogP contribution in [-0.4, -0.2) is 13.6 Å². The first kappa shape index (κ1) is 12.6. The zero-order chi connectivity index (χ0) is 11.3. The summed E-state index contributed by atoms with van der Waals surface area (Å²) in [6, 6.07) is 8.74. The van der Waals surface area contributed by atoms with Gasteiger partial charge in [0.25, 0.3) is 0 Å². The fraction of sp³-hybridized carbons (Fsp3) is 0.538. The molecule has 0 amide bonds. The van der Waals surface area contributed by atoms with E-state index in [1.165, 1.54) is 17.7 Å². The smallest absolute Gasteiger partial charge is 0.0363 e. The number of halogens is 1. The molecule has 1 atom stereocenters. The summed E-state index contributed by atoms with van der Waals surface area (Å²) in [7, 11) is 2.16. The lowest BCUT2D eigenvalue weighted by molar-refractivity contribution is 0.560. The van der Waals surface area contributed by atoms with E-state index in [-0.39, 0.29) is 0 Å². The Kier molecular flexibility index (Phi) is 5.16. The SMILES string of the molecule is CCC(C)CN(C)c1ccc(CBr)cc1. The van der Waals surface area contributed by atoms with Gasteiger partial charge in [-0.2, -0.15) is 0 Å². The molecule has 0 spiro atoms. The maximum atomic E-state index is 3.46. The van der Waals surface area contributed by atoms with Crippen molar-refractivity contribution in [3.63, 3.8) is 0 Å². The molecule has 0 bridgehead atoms. The molecule has 0 aliphatic rings. The molecule has 1 aromatic rings. The summed E-state index contributed by atoms with van der Waals surface area (Å²) >= 11 is 3.46. The summed E-state index contributed by atoms with van der Waals surface area (Å²) in [5, 5.41) is 0.933. The van der Waals surface area contributed by atoms with Gasteiger partial charge in [-0.05, 0) is 23.6 Å². The lowest BCUT2D eigenvalue weighted by Gasteiger charge is -2.22. The summed E-state index contributed by atoms with van der Waals surface area (Å²) in [6.07, 6.45) is 1.24. The van der Waals surface area contributed by atoms with Crippen molar-refractivity contribution in [2.24, 2.45) is 5.92 Å². The quantitative estimate of drug-likeness (QED) is 0.729. The summed E-state index contributed by atoms with van der Waals surface area (Å²) < 4.78 is 0. The van der Waals surface area contributed by atoms with Crippen LogP contribution in [0, 0.1) is 5.92 Å². The molecule has 0 saturated heterocycles. The monoisotopic (exact) mass is 269 g/mol. The Morgan fingerprint density at radius 3 is 2.33 bits per heavy atom. The van der Waals surface area contributed by atoms with Crippen LogP contribution in [0.5, 0.6) is 0 Å². The van der Waals surface area contributed by atoms with Crippen molar-refractivity contribution in [1.29, 1.82) is 0 Å². The first-order valence-electron chi connectivity index (χ1n) is 5.53. The van der Waals surface area contributed by atoms with Crippen LogP contribution in [0.15, 0.2) is 24.3 Å². The normalized spacial score (nSPS) is 12.5. The van der Waals surface area contributed by atoms with Gasteiger partial charge in [-0.25, -0.2) is 0 Å². The molecule has 0 aliphatic carbocycles. The van der Waals surface area contributed by atoms with E-state index in [1.54, 1.807) is 0 Å². The van der Waals surface area contributed by atoms with E-state index in [1.807, 2.05) is 0 Å². The molecule has 84 valence electrons. The Balaban J connectivity index is 2.61. The highest BCUT2D eigenvalue weighted by molar-refractivity contribution is 9.08. The second kappa shape index (κ2) is 6.16. The van der Waals surface area contributed by atoms with Crippen LogP contribution in [0.4, 0.5) is 5.69 Å². The number of alkyl halides is 1. The number of hydrogen-bond donors (Lipinski definition) is 0. The van der Waals surface area contributed by atoms with Crippen LogP contribution < -0.4 is 4.90 Å². The molecule has 2 heteroatoms. The Morgan fingerprint density at radius 2 is 1.87 bits per heavy atom. The first-order chi connectivity index (χ1) is 7.17. The Bertz CT molecular complexity index is 281. The highest BCUT2D eigenvalue weighted by Crippen LogP contribution is 2.17. The summed E-state index contributed by atoms with van der Waals surface area (Å²) in [5.74, 6) is 0.755. The third kappa shape index (κ3) is 3.86.